The zero-order valence-electron chi connectivity index (χ0n) is 7.84. The zero-order valence-corrected chi connectivity index (χ0v) is 7.84. The fourth-order valence-corrected chi connectivity index (χ4v) is 1.09. The topological polar surface area (TPSA) is 9.23 Å². The molecule has 0 unspecified atom stereocenters. The molecule has 0 radical (unpaired) electrons. The summed E-state index contributed by atoms with van der Waals surface area (Å²) in [5, 5.41) is 0. The molecule has 66 valence electrons. The van der Waals surface area contributed by atoms with Crippen molar-refractivity contribution in [3.63, 3.8) is 0 Å². The van der Waals surface area contributed by atoms with Gasteiger partial charge in [0.1, 0.15) is 0 Å². The molecule has 0 heterocycles. The number of rotatable bonds is 4. The molecule has 0 saturated heterocycles. The molecule has 12 heavy (non-hydrogen) atoms. The van der Waals surface area contributed by atoms with E-state index in [-0.39, 0.29) is 0 Å². The third-order valence-corrected chi connectivity index (χ3v) is 1.90. The molecule has 0 aliphatic carbocycles. The molecule has 1 rings (SSSR count). The second-order valence-electron chi connectivity index (χ2n) is 2.81. The summed E-state index contributed by atoms with van der Waals surface area (Å²) in [6, 6.07) is 8.59. The zero-order chi connectivity index (χ0) is 8.81. The van der Waals surface area contributed by atoms with Crippen molar-refractivity contribution in [2.45, 2.75) is 26.9 Å². The van der Waals surface area contributed by atoms with E-state index in [0.717, 1.165) is 19.6 Å². The lowest BCUT2D eigenvalue weighted by Gasteiger charge is -2.02. The van der Waals surface area contributed by atoms with Gasteiger partial charge in [0.15, 0.2) is 0 Å². The lowest BCUT2D eigenvalue weighted by molar-refractivity contribution is 0.134. The Balaban J connectivity index is 2.53. The number of aryl methyl sites for hydroxylation is 1. The van der Waals surface area contributed by atoms with Crippen molar-refractivity contribution in [1.29, 1.82) is 0 Å². The monoisotopic (exact) mass is 164 g/mol. The average molecular weight is 164 g/mol. The summed E-state index contributed by atoms with van der Waals surface area (Å²) >= 11 is 0. The van der Waals surface area contributed by atoms with Crippen LogP contribution in [0.4, 0.5) is 0 Å². The van der Waals surface area contributed by atoms with Gasteiger partial charge in [0.25, 0.3) is 0 Å². The van der Waals surface area contributed by atoms with E-state index >= 15 is 0 Å². The first-order valence-electron chi connectivity index (χ1n) is 4.52. The van der Waals surface area contributed by atoms with Gasteiger partial charge in [-0.25, -0.2) is 0 Å². The SMILES string of the molecule is CCOCc1ccc(CC)cc1. The minimum absolute atomic E-state index is 0.737. The van der Waals surface area contributed by atoms with Gasteiger partial charge >= 0.3 is 0 Å². The summed E-state index contributed by atoms with van der Waals surface area (Å²) in [6.45, 7) is 5.70. The highest BCUT2D eigenvalue weighted by atomic mass is 16.5. The quantitative estimate of drug-likeness (QED) is 0.665. The second kappa shape index (κ2) is 4.94. The third-order valence-electron chi connectivity index (χ3n) is 1.90. The van der Waals surface area contributed by atoms with Crippen molar-refractivity contribution in [3.8, 4) is 0 Å². The Hall–Kier alpha value is -0.820. The van der Waals surface area contributed by atoms with Crippen LogP contribution in [0.15, 0.2) is 24.3 Å². The van der Waals surface area contributed by atoms with Crippen LogP contribution in [0, 0.1) is 0 Å². The van der Waals surface area contributed by atoms with Crippen molar-refractivity contribution in [1.82, 2.24) is 0 Å². The Morgan fingerprint density at radius 2 is 1.58 bits per heavy atom. The molecule has 0 saturated carbocycles. The van der Waals surface area contributed by atoms with Crippen LogP contribution in [0.2, 0.25) is 0 Å². The molecule has 0 fully saturated rings. The highest BCUT2D eigenvalue weighted by Crippen LogP contribution is 2.05. The molecule has 0 aliphatic rings. The lowest BCUT2D eigenvalue weighted by atomic mass is 10.1. The van der Waals surface area contributed by atoms with Crippen LogP contribution < -0.4 is 0 Å². The number of benzene rings is 1. The van der Waals surface area contributed by atoms with E-state index in [1.807, 2.05) is 6.92 Å². The summed E-state index contributed by atoms with van der Waals surface area (Å²) in [7, 11) is 0. The highest BCUT2D eigenvalue weighted by Gasteiger charge is 1.91. The second-order valence-corrected chi connectivity index (χ2v) is 2.81. The van der Waals surface area contributed by atoms with Crippen molar-refractivity contribution < 1.29 is 4.74 Å². The van der Waals surface area contributed by atoms with Crippen LogP contribution in [0.3, 0.4) is 0 Å². The first-order chi connectivity index (χ1) is 5.86. The Kier molecular flexibility index (Phi) is 3.81. The summed E-state index contributed by atoms with van der Waals surface area (Å²) in [4.78, 5) is 0. The van der Waals surface area contributed by atoms with E-state index in [2.05, 4.69) is 31.2 Å². The fourth-order valence-electron chi connectivity index (χ4n) is 1.09. The Bertz CT molecular complexity index is 213. The standard InChI is InChI=1S/C11H16O/c1-3-10-5-7-11(8-6-10)9-12-4-2/h5-8H,3-4,9H2,1-2H3. The van der Waals surface area contributed by atoms with Gasteiger partial charge in [-0.3, -0.25) is 0 Å². The minimum atomic E-state index is 0.737. The van der Waals surface area contributed by atoms with Gasteiger partial charge in [-0.2, -0.15) is 0 Å². The Morgan fingerprint density at radius 1 is 1.00 bits per heavy atom. The molecule has 0 spiro atoms. The van der Waals surface area contributed by atoms with E-state index in [0.29, 0.717) is 0 Å². The fraction of sp³-hybridized carbons (Fsp3) is 0.455. The maximum atomic E-state index is 5.29. The summed E-state index contributed by atoms with van der Waals surface area (Å²) < 4.78 is 5.29. The molecular weight excluding hydrogens is 148 g/mol. The van der Waals surface area contributed by atoms with Crippen LogP contribution in [0.1, 0.15) is 25.0 Å². The van der Waals surface area contributed by atoms with Gasteiger partial charge in [-0.15, -0.1) is 0 Å². The average Bonchev–Trinajstić information content (AvgIpc) is 2.15. The predicted octanol–water partition coefficient (Wildman–Crippen LogP) is 2.79. The van der Waals surface area contributed by atoms with E-state index in [1.165, 1.54) is 11.1 Å². The van der Waals surface area contributed by atoms with Gasteiger partial charge in [-0.05, 0) is 24.5 Å². The summed E-state index contributed by atoms with van der Waals surface area (Å²) in [5.41, 5.74) is 2.64. The maximum absolute atomic E-state index is 5.29. The molecule has 0 atom stereocenters. The van der Waals surface area contributed by atoms with Gasteiger partial charge in [0.05, 0.1) is 6.61 Å². The molecule has 1 heteroatoms. The molecule has 0 aromatic heterocycles. The van der Waals surface area contributed by atoms with Crippen molar-refractivity contribution >= 4 is 0 Å². The van der Waals surface area contributed by atoms with E-state index in [9.17, 15) is 0 Å². The van der Waals surface area contributed by atoms with Gasteiger partial charge in [-0.1, -0.05) is 31.2 Å². The van der Waals surface area contributed by atoms with Gasteiger partial charge < -0.3 is 4.74 Å². The molecule has 0 aliphatic heterocycles. The van der Waals surface area contributed by atoms with Crippen molar-refractivity contribution in [3.05, 3.63) is 35.4 Å². The molecule has 0 bridgehead atoms. The Labute approximate surface area is 74.4 Å². The number of hydrogen-bond acceptors (Lipinski definition) is 1. The van der Waals surface area contributed by atoms with Crippen LogP contribution in [-0.4, -0.2) is 6.61 Å². The highest BCUT2D eigenvalue weighted by molar-refractivity contribution is 5.21. The largest absolute Gasteiger partial charge is 0.377 e. The molecule has 0 N–H and O–H groups in total. The van der Waals surface area contributed by atoms with Crippen LogP contribution >= 0.6 is 0 Å². The molecular formula is C11H16O. The van der Waals surface area contributed by atoms with E-state index in [4.69, 9.17) is 4.74 Å². The summed E-state index contributed by atoms with van der Waals surface area (Å²) in [6.07, 6.45) is 1.11. The number of hydrogen-bond donors (Lipinski definition) is 0. The number of ether oxygens (including phenoxy) is 1. The van der Waals surface area contributed by atoms with E-state index in [1.54, 1.807) is 0 Å². The lowest BCUT2D eigenvalue weighted by Crippen LogP contribution is -1.91. The van der Waals surface area contributed by atoms with E-state index < -0.39 is 0 Å². The van der Waals surface area contributed by atoms with Gasteiger partial charge in [0, 0.05) is 6.61 Å². The summed E-state index contributed by atoms with van der Waals surface area (Å²) in [5.74, 6) is 0. The Morgan fingerprint density at radius 3 is 2.08 bits per heavy atom. The third kappa shape index (κ3) is 2.67. The molecule has 1 nitrogen and oxygen atoms in total. The molecule has 1 aromatic rings. The minimum Gasteiger partial charge on any atom is -0.377 e. The van der Waals surface area contributed by atoms with Crippen LogP contribution in [0.25, 0.3) is 0 Å². The predicted molar refractivity (Wildman–Crippen MR) is 51.2 cm³/mol. The first-order valence-corrected chi connectivity index (χ1v) is 4.52. The van der Waals surface area contributed by atoms with Crippen LogP contribution in [-0.2, 0) is 17.8 Å². The molecule has 1 aromatic carbocycles. The van der Waals surface area contributed by atoms with Crippen molar-refractivity contribution in [2.24, 2.45) is 0 Å². The normalized spacial score (nSPS) is 10.2. The molecule has 0 amide bonds. The maximum Gasteiger partial charge on any atom is 0.0716 e. The van der Waals surface area contributed by atoms with Crippen molar-refractivity contribution in [2.75, 3.05) is 6.61 Å². The first kappa shape index (κ1) is 9.27. The smallest absolute Gasteiger partial charge is 0.0716 e. The van der Waals surface area contributed by atoms with Gasteiger partial charge in [0.2, 0.25) is 0 Å². The van der Waals surface area contributed by atoms with Crippen LogP contribution in [0.5, 0.6) is 0 Å².